The zero-order valence-corrected chi connectivity index (χ0v) is 9.41. The van der Waals surface area contributed by atoms with Crippen LogP contribution in [0.1, 0.15) is 17.3 Å². The van der Waals surface area contributed by atoms with Crippen molar-refractivity contribution in [3.63, 3.8) is 0 Å². The number of hydrogen-bond donors (Lipinski definition) is 1. The van der Waals surface area contributed by atoms with Crippen LogP contribution in [0.2, 0.25) is 0 Å². The third kappa shape index (κ3) is 2.09. The molecule has 0 fully saturated rings. The average Bonchev–Trinajstić information content (AvgIpc) is 2.96. The lowest BCUT2D eigenvalue weighted by Crippen LogP contribution is -2.33. The molecule has 6 heteroatoms. The van der Waals surface area contributed by atoms with Gasteiger partial charge in [0.05, 0.1) is 13.1 Å². The predicted molar refractivity (Wildman–Crippen MR) is 58.8 cm³/mol. The first-order valence-corrected chi connectivity index (χ1v) is 5.62. The molecule has 3 rings (SSSR count). The van der Waals surface area contributed by atoms with Gasteiger partial charge in [0.1, 0.15) is 30.3 Å². The summed E-state index contributed by atoms with van der Waals surface area (Å²) in [5.41, 5.74) is 0. The van der Waals surface area contributed by atoms with Crippen LogP contribution in [0.3, 0.4) is 0 Å². The summed E-state index contributed by atoms with van der Waals surface area (Å²) >= 11 is 0. The fourth-order valence-corrected chi connectivity index (χ4v) is 2.06. The van der Waals surface area contributed by atoms with E-state index in [1.807, 2.05) is 12.1 Å². The minimum atomic E-state index is -0.0473. The first kappa shape index (κ1) is 10.5. The Hall–Kier alpha value is -1.66. The minimum Gasteiger partial charge on any atom is -0.462 e. The van der Waals surface area contributed by atoms with Gasteiger partial charge >= 0.3 is 0 Å². The Morgan fingerprint density at radius 3 is 3.00 bits per heavy atom. The van der Waals surface area contributed by atoms with E-state index in [1.54, 1.807) is 6.33 Å². The second kappa shape index (κ2) is 4.31. The highest BCUT2D eigenvalue weighted by molar-refractivity contribution is 5.06. The summed E-state index contributed by atoms with van der Waals surface area (Å²) in [6.45, 7) is 3.35. The summed E-state index contributed by atoms with van der Waals surface area (Å²) in [5, 5.41) is 16.9. The van der Waals surface area contributed by atoms with Crippen LogP contribution in [0.4, 0.5) is 0 Å². The minimum absolute atomic E-state index is 0.0473. The van der Waals surface area contributed by atoms with Crippen LogP contribution in [0, 0.1) is 0 Å². The van der Waals surface area contributed by atoms with E-state index < -0.39 is 0 Å². The van der Waals surface area contributed by atoms with Crippen molar-refractivity contribution in [1.82, 2.24) is 19.7 Å². The molecule has 1 aliphatic rings. The molecule has 0 radical (unpaired) electrons. The van der Waals surface area contributed by atoms with Crippen molar-refractivity contribution in [3.05, 3.63) is 35.8 Å². The fraction of sp³-hybridized carbons (Fsp3) is 0.455. The largest absolute Gasteiger partial charge is 0.462 e. The molecule has 1 N–H and O–H groups in total. The molecular weight excluding hydrogens is 220 g/mol. The van der Waals surface area contributed by atoms with Gasteiger partial charge < -0.3 is 14.1 Å². The van der Waals surface area contributed by atoms with Crippen molar-refractivity contribution >= 4 is 0 Å². The first-order valence-electron chi connectivity index (χ1n) is 5.62. The van der Waals surface area contributed by atoms with E-state index in [0.29, 0.717) is 5.76 Å². The highest BCUT2D eigenvalue weighted by atomic mass is 16.4. The Balaban J connectivity index is 1.67. The maximum Gasteiger partial charge on any atom is 0.147 e. The van der Waals surface area contributed by atoms with Gasteiger partial charge in [-0.2, -0.15) is 0 Å². The molecule has 6 nitrogen and oxygen atoms in total. The molecule has 1 aliphatic heterocycles. The van der Waals surface area contributed by atoms with Gasteiger partial charge in [-0.3, -0.25) is 4.90 Å². The average molecular weight is 234 g/mol. The van der Waals surface area contributed by atoms with Crippen molar-refractivity contribution in [2.24, 2.45) is 0 Å². The van der Waals surface area contributed by atoms with E-state index in [1.165, 1.54) is 0 Å². The Morgan fingerprint density at radius 1 is 1.29 bits per heavy atom. The molecule has 2 aromatic rings. The van der Waals surface area contributed by atoms with Crippen molar-refractivity contribution in [1.29, 1.82) is 0 Å². The van der Waals surface area contributed by atoms with Crippen molar-refractivity contribution in [2.45, 2.75) is 26.2 Å². The number of aromatic nitrogens is 3. The number of nitrogens with zero attached hydrogens (tertiary/aromatic N) is 4. The summed E-state index contributed by atoms with van der Waals surface area (Å²) in [4.78, 5) is 2.25. The molecular formula is C11H14N4O2. The van der Waals surface area contributed by atoms with Crippen LogP contribution in [0.25, 0.3) is 0 Å². The van der Waals surface area contributed by atoms with Gasteiger partial charge in [0.2, 0.25) is 0 Å². The second-order valence-electron chi connectivity index (χ2n) is 4.18. The number of aliphatic hydroxyl groups excluding tert-OH is 1. The van der Waals surface area contributed by atoms with E-state index in [4.69, 9.17) is 9.52 Å². The Bertz CT molecular complexity index is 505. The predicted octanol–water partition coefficient (Wildman–Crippen LogP) is 0.379. The van der Waals surface area contributed by atoms with Crippen molar-refractivity contribution < 1.29 is 9.52 Å². The van der Waals surface area contributed by atoms with Gasteiger partial charge in [0, 0.05) is 13.1 Å². The SMILES string of the molecule is OCc1ccc(CN2CCn3cnnc3C2)o1. The van der Waals surface area contributed by atoms with Crippen LogP contribution < -0.4 is 0 Å². The van der Waals surface area contributed by atoms with Gasteiger partial charge in [-0.25, -0.2) is 0 Å². The van der Waals surface area contributed by atoms with Crippen LogP contribution in [0.5, 0.6) is 0 Å². The third-order valence-electron chi connectivity index (χ3n) is 2.97. The zero-order chi connectivity index (χ0) is 11.7. The maximum absolute atomic E-state index is 8.93. The lowest BCUT2D eigenvalue weighted by molar-refractivity contribution is 0.185. The van der Waals surface area contributed by atoms with Crippen LogP contribution in [-0.2, 0) is 26.2 Å². The van der Waals surface area contributed by atoms with E-state index in [9.17, 15) is 0 Å². The molecule has 0 spiro atoms. The third-order valence-corrected chi connectivity index (χ3v) is 2.97. The second-order valence-corrected chi connectivity index (χ2v) is 4.18. The monoisotopic (exact) mass is 234 g/mol. The molecule has 0 saturated carbocycles. The molecule has 90 valence electrons. The number of furan rings is 1. The summed E-state index contributed by atoms with van der Waals surface area (Å²) < 4.78 is 7.54. The van der Waals surface area contributed by atoms with E-state index in [0.717, 1.165) is 37.8 Å². The Kier molecular flexibility index (Phi) is 2.66. The highest BCUT2D eigenvalue weighted by Crippen LogP contribution is 2.15. The molecule has 0 amide bonds. The zero-order valence-electron chi connectivity index (χ0n) is 9.41. The molecule has 0 bridgehead atoms. The van der Waals surface area contributed by atoms with Gasteiger partial charge in [0.15, 0.2) is 0 Å². The quantitative estimate of drug-likeness (QED) is 0.831. The molecule has 0 aromatic carbocycles. The van der Waals surface area contributed by atoms with Crippen LogP contribution in [0.15, 0.2) is 22.9 Å². The van der Waals surface area contributed by atoms with Crippen molar-refractivity contribution in [2.75, 3.05) is 6.54 Å². The summed E-state index contributed by atoms with van der Waals surface area (Å²) in [6, 6.07) is 3.71. The molecule has 17 heavy (non-hydrogen) atoms. The molecule has 0 aliphatic carbocycles. The van der Waals surface area contributed by atoms with E-state index >= 15 is 0 Å². The van der Waals surface area contributed by atoms with Gasteiger partial charge in [0.25, 0.3) is 0 Å². The van der Waals surface area contributed by atoms with Crippen LogP contribution >= 0.6 is 0 Å². The Labute approximate surface area is 98.5 Å². The lowest BCUT2D eigenvalue weighted by Gasteiger charge is -2.25. The topological polar surface area (TPSA) is 67.3 Å². The Morgan fingerprint density at radius 2 is 2.18 bits per heavy atom. The van der Waals surface area contributed by atoms with Crippen molar-refractivity contribution in [3.8, 4) is 0 Å². The standard InChI is InChI=1S/C11H14N4O2/c16-7-10-2-1-9(17-10)5-14-3-4-15-8-12-13-11(15)6-14/h1-2,8,16H,3-7H2. The lowest BCUT2D eigenvalue weighted by atomic mass is 10.3. The number of rotatable bonds is 3. The molecule has 3 heterocycles. The number of hydrogen-bond acceptors (Lipinski definition) is 5. The van der Waals surface area contributed by atoms with Crippen LogP contribution in [-0.4, -0.2) is 31.3 Å². The van der Waals surface area contributed by atoms with Gasteiger partial charge in [-0.05, 0) is 12.1 Å². The maximum atomic E-state index is 8.93. The van der Waals surface area contributed by atoms with E-state index in [-0.39, 0.29) is 6.61 Å². The molecule has 2 aromatic heterocycles. The number of aliphatic hydroxyl groups is 1. The summed E-state index contributed by atoms with van der Waals surface area (Å²) in [6.07, 6.45) is 1.77. The van der Waals surface area contributed by atoms with Gasteiger partial charge in [-0.15, -0.1) is 10.2 Å². The summed E-state index contributed by atoms with van der Waals surface area (Å²) in [7, 11) is 0. The van der Waals surface area contributed by atoms with E-state index in [2.05, 4.69) is 19.7 Å². The first-order chi connectivity index (χ1) is 8.35. The smallest absolute Gasteiger partial charge is 0.147 e. The summed E-state index contributed by atoms with van der Waals surface area (Å²) in [5.74, 6) is 2.48. The number of fused-ring (bicyclic) bond motifs is 1. The fourth-order valence-electron chi connectivity index (χ4n) is 2.06. The van der Waals surface area contributed by atoms with Gasteiger partial charge in [-0.1, -0.05) is 0 Å². The highest BCUT2D eigenvalue weighted by Gasteiger charge is 2.18. The molecule has 0 unspecified atom stereocenters. The normalized spacial score (nSPS) is 16.1. The molecule has 0 saturated heterocycles. The molecule has 0 atom stereocenters.